The Morgan fingerprint density at radius 1 is 1.08 bits per heavy atom. The molecular weight excluding hydrogens is 545 g/mol. The smallest absolute Gasteiger partial charge is 0.264 e. The minimum atomic E-state index is -3.89. The number of sulfonamides is 1. The maximum Gasteiger partial charge on any atom is 0.264 e. The molecule has 190 valence electrons. The number of rotatable bonds is 9. The first kappa shape index (κ1) is 26.6. The molecular formula is C24H18N8O3S3. The van der Waals surface area contributed by atoms with Gasteiger partial charge in [-0.2, -0.15) is 21.9 Å². The van der Waals surface area contributed by atoms with Gasteiger partial charge in [0, 0.05) is 35.8 Å². The zero-order chi connectivity index (χ0) is 27.1. The van der Waals surface area contributed by atoms with Gasteiger partial charge < -0.3 is 11.1 Å². The first-order valence-electron chi connectivity index (χ1n) is 10.8. The molecule has 0 fully saturated rings. The van der Waals surface area contributed by atoms with Crippen LogP contribution in [-0.2, 0) is 14.8 Å². The summed E-state index contributed by atoms with van der Waals surface area (Å²) in [5.74, 6) is -0.0666. The van der Waals surface area contributed by atoms with Crippen LogP contribution in [0.3, 0.4) is 0 Å². The topological polar surface area (TPSA) is 188 Å². The number of nitrogen functional groups attached to an aromatic ring is 1. The Morgan fingerprint density at radius 2 is 1.79 bits per heavy atom. The van der Waals surface area contributed by atoms with Crippen molar-refractivity contribution in [3.8, 4) is 23.3 Å². The number of benzene rings is 1. The number of nitrogens with zero attached hydrogens (tertiary/aromatic N) is 5. The molecule has 14 heteroatoms. The number of nitrogens with two attached hydrogens (primary N) is 1. The lowest BCUT2D eigenvalue weighted by Gasteiger charge is -2.12. The summed E-state index contributed by atoms with van der Waals surface area (Å²) in [5, 5.41) is 26.0. The molecule has 0 aliphatic rings. The van der Waals surface area contributed by atoms with Crippen molar-refractivity contribution in [1.29, 1.82) is 10.5 Å². The minimum Gasteiger partial charge on any atom is -0.383 e. The van der Waals surface area contributed by atoms with Gasteiger partial charge in [-0.1, -0.05) is 0 Å². The first-order chi connectivity index (χ1) is 18.3. The van der Waals surface area contributed by atoms with Crippen molar-refractivity contribution in [2.24, 2.45) is 0 Å². The van der Waals surface area contributed by atoms with E-state index in [-0.39, 0.29) is 45.9 Å². The van der Waals surface area contributed by atoms with E-state index in [0.717, 1.165) is 0 Å². The molecule has 0 atom stereocenters. The highest BCUT2D eigenvalue weighted by Crippen LogP contribution is 2.36. The van der Waals surface area contributed by atoms with Crippen LogP contribution in [0.15, 0.2) is 69.5 Å². The molecule has 0 radical (unpaired) electrons. The predicted octanol–water partition coefficient (Wildman–Crippen LogP) is 3.85. The highest BCUT2D eigenvalue weighted by Gasteiger charge is 2.21. The van der Waals surface area contributed by atoms with Crippen molar-refractivity contribution in [2.45, 2.75) is 16.3 Å². The Kier molecular flexibility index (Phi) is 8.18. The van der Waals surface area contributed by atoms with Crippen LogP contribution >= 0.6 is 23.1 Å². The predicted molar refractivity (Wildman–Crippen MR) is 145 cm³/mol. The second kappa shape index (κ2) is 11.7. The van der Waals surface area contributed by atoms with E-state index in [4.69, 9.17) is 5.73 Å². The molecule has 4 N–H and O–H groups in total. The third-order valence-electron chi connectivity index (χ3n) is 5.03. The molecule has 3 heterocycles. The van der Waals surface area contributed by atoms with Crippen molar-refractivity contribution in [1.82, 2.24) is 15.0 Å². The Morgan fingerprint density at radius 3 is 2.42 bits per heavy atom. The van der Waals surface area contributed by atoms with E-state index in [9.17, 15) is 23.7 Å². The van der Waals surface area contributed by atoms with Gasteiger partial charge in [0.15, 0.2) is 0 Å². The zero-order valence-electron chi connectivity index (χ0n) is 19.5. The Hall–Kier alpha value is -4.50. The van der Waals surface area contributed by atoms with Gasteiger partial charge in [0.25, 0.3) is 10.0 Å². The van der Waals surface area contributed by atoms with Gasteiger partial charge in [-0.15, -0.1) is 11.8 Å². The number of hydrogen-bond donors (Lipinski definition) is 3. The number of nitrogens with one attached hydrogen (secondary N) is 2. The van der Waals surface area contributed by atoms with Crippen LogP contribution in [0.1, 0.15) is 17.5 Å². The fourth-order valence-corrected chi connectivity index (χ4v) is 5.85. The fraction of sp³-hybridized carbons (Fsp3) is 0.0833. The molecule has 1 aromatic carbocycles. The van der Waals surface area contributed by atoms with Crippen molar-refractivity contribution >= 4 is 56.5 Å². The number of carbonyl (C=O) groups excluding carboxylic acids is 1. The molecule has 4 rings (SSSR count). The van der Waals surface area contributed by atoms with E-state index < -0.39 is 10.0 Å². The SMILES string of the molecule is N#Cc1c(N)nc(SCCC(=O)Nc2ccc(S(=O)(=O)Nc3ncccn3)cc2)c(C#N)c1-c1ccsc1. The van der Waals surface area contributed by atoms with Crippen LogP contribution in [0.5, 0.6) is 0 Å². The summed E-state index contributed by atoms with van der Waals surface area (Å²) < 4.78 is 27.3. The lowest BCUT2D eigenvalue weighted by molar-refractivity contribution is -0.115. The summed E-state index contributed by atoms with van der Waals surface area (Å²) in [5.41, 5.74) is 7.90. The molecule has 4 aromatic rings. The van der Waals surface area contributed by atoms with Crippen LogP contribution < -0.4 is 15.8 Å². The molecule has 0 unspecified atom stereocenters. The van der Waals surface area contributed by atoms with Crippen LogP contribution in [0, 0.1) is 22.7 Å². The molecule has 1 amide bonds. The highest BCUT2D eigenvalue weighted by atomic mass is 32.2. The molecule has 0 aliphatic heterocycles. The number of aromatic nitrogens is 3. The van der Waals surface area contributed by atoms with E-state index >= 15 is 0 Å². The minimum absolute atomic E-state index is 0.0167. The van der Waals surface area contributed by atoms with E-state index in [2.05, 4.69) is 31.1 Å². The number of carbonyl (C=O) groups is 1. The average molecular weight is 563 g/mol. The second-order valence-corrected chi connectivity index (χ2v) is 11.1. The average Bonchev–Trinajstić information content (AvgIpc) is 3.44. The number of thiophene rings is 1. The Labute approximate surface area is 226 Å². The third kappa shape index (κ3) is 6.07. The van der Waals surface area contributed by atoms with Crippen molar-refractivity contribution in [3.63, 3.8) is 0 Å². The fourth-order valence-electron chi connectivity index (χ4n) is 3.31. The summed E-state index contributed by atoms with van der Waals surface area (Å²) in [6, 6.07) is 13.1. The quantitative estimate of drug-likeness (QED) is 0.253. The van der Waals surface area contributed by atoms with Gasteiger partial charge in [-0.3, -0.25) is 4.79 Å². The maximum absolute atomic E-state index is 12.5. The molecule has 3 aromatic heterocycles. The number of hydrogen-bond acceptors (Lipinski definition) is 11. The summed E-state index contributed by atoms with van der Waals surface area (Å²) in [4.78, 5) is 24.4. The van der Waals surface area contributed by atoms with Crippen molar-refractivity contribution in [2.75, 3.05) is 21.5 Å². The van der Waals surface area contributed by atoms with Gasteiger partial charge in [0.05, 0.1) is 10.5 Å². The van der Waals surface area contributed by atoms with E-state index in [1.807, 2.05) is 16.8 Å². The highest BCUT2D eigenvalue weighted by molar-refractivity contribution is 7.99. The Balaban J connectivity index is 1.39. The molecule has 11 nitrogen and oxygen atoms in total. The van der Waals surface area contributed by atoms with Gasteiger partial charge in [-0.05, 0) is 52.7 Å². The molecule has 0 aliphatic carbocycles. The maximum atomic E-state index is 12.5. The summed E-state index contributed by atoms with van der Waals surface area (Å²) in [6.07, 6.45) is 2.91. The molecule has 38 heavy (non-hydrogen) atoms. The van der Waals surface area contributed by atoms with Crippen molar-refractivity contribution in [3.05, 3.63) is 70.7 Å². The molecule has 0 saturated heterocycles. The van der Waals surface area contributed by atoms with Gasteiger partial charge >= 0.3 is 0 Å². The number of amides is 1. The normalized spacial score (nSPS) is 10.8. The van der Waals surface area contributed by atoms with Gasteiger partial charge in [0.2, 0.25) is 11.9 Å². The molecule has 0 spiro atoms. The molecule has 0 bridgehead atoms. The Bertz CT molecular complexity index is 1650. The standard InChI is InChI=1S/C24H18N8O3S3/c25-12-18-21(15-6-10-36-14-15)19(13-26)23(31-22(18)27)37-11-7-20(33)30-16-2-4-17(5-3-16)38(34,35)32-24-28-8-1-9-29-24/h1-6,8-10,14H,7,11H2,(H2,27,31)(H,30,33)(H,28,29,32). The number of thioether (sulfide) groups is 1. The number of anilines is 3. The largest absolute Gasteiger partial charge is 0.383 e. The summed E-state index contributed by atoms with van der Waals surface area (Å²) in [6.45, 7) is 0. The summed E-state index contributed by atoms with van der Waals surface area (Å²) in [7, 11) is -3.89. The van der Waals surface area contributed by atoms with Crippen molar-refractivity contribution < 1.29 is 13.2 Å². The zero-order valence-corrected chi connectivity index (χ0v) is 21.9. The van der Waals surface area contributed by atoms with E-state index in [0.29, 0.717) is 21.8 Å². The van der Waals surface area contributed by atoms with E-state index in [1.54, 1.807) is 12.1 Å². The lowest BCUT2D eigenvalue weighted by atomic mass is 9.99. The van der Waals surface area contributed by atoms with Crippen LogP contribution in [-0.4, -0.2) is 35.0 Å². The summed E-state index contributed by atoms with van der Waals surface area (Å²) >= 11 is 2.61. The number of pyridine rings is 1. The van der Waals surface area contributed by atoms with Gasteiger partial charge in [-0.25, -0.2) is 28.1 Å². The van der Waals surface area contributed by atoms with E-state index in [1.165, 1.54) is 59.8 Å². The second-order valence-electron chi connectivity index (χ2n) is 7.51. The van der Waals surface area contributed by atoms with Crippen LogP contribution in [0.4, 0.5) is 17.5 Å². The van der Waals surface area contributed by atoms with Crippen LogP contribution in [0.2, 0.25) is 0 Å². The third-order valence-corrected chi connectivity index (χ3v) is 8.04. The number of nitriles is 2. The van der Waals surface area contributed by atoms with Gasteiger partial charge in [0.1, 0.15) is 28.5 Å². The van der Waals surface area contributed by atoms with Crippen LogP contribution in [0.25, 0.3) is 11.1 Å². The molecule has 0 saturated carbocycles. The first-order valence-corrected chi connectivity index (χ1v) is 14.2. The monoisotopic (exact) mass is 562 g/mol. The lowest BCUT2D eigenvalue weighted by Crippen LogP contribution is -2.15.